The van der Waals surface area contributed by atoms with Crippen LogP contribution in [0, 0.1) is 6.92 Å². The van der Waals surface area contributed by atoms with Crippen LogP contribution in [0.3, 0.4) is 0 Å². The van der Waals surface area contributed by atoms with E-state index < -0.39 is 5.60 Å². The van der Waals surface area contributed by atoms with Gasteiger partial charge in [-0.3, -0.25) is 0 Å². The number of aliphatic hydroxyl groups is 1. The molecule has 3 heteroatoms. The first-order valence-corrected chi connectivity index (χ1v) is 6.88. The van der Waals surface area contributed by atoms with Crippen LogP contribution in [0.15, 0.2) is 28.7 Å². The van der Waals surface area contributed by atoms with E-state index in [1.807, 2.05) is 32.0 Å². The van der Waals surface area contributed by atoms with Gasteiger partial charge < -0.3 is 14.8 Å². The van der Waals surface area contributed by atoms with Crippen LogP contribution in [-0.2, 0) is 0 Å². The van der Waals surface area contributed by atoms with E-state index in [9.17, 15) is 5.11 Å². The molecular formula is C16H23NO2. The molecule has 3 nitrogen and oxygen atoms in total. The number of nitrogens with one attached hydrogen (secondary N) is 1. The zero-order chi connectivity index (χ0) is 14.0. The van der Waals surface area contributed by atoms with E-state index in [0.717, 1.165) is 23.2 Å². The molecule has 2 unspecified atom stereocenters. The normalized spacial score (nSPS) is 16.5. The Morgan fingerprint density at radius 3 is 2.68 bits per heavy atom. The first-order chi connectivity index (χ1) is 8.94. The molecule has 0 amide bonds. The van der Waals surface area contributed by atoms with Gasteiger partial charge in [0.05, 0.1) is 11.6 Å². The Bertz CT molecular complexity index is 557. The summed E-state index contributed by atoms with van der Waals surface area (Å²) in [5, 5.41) is 14.5. The van der Waals surface area contributed by atoms with Gasteiger partial charge in [-0.05, 0) is 38.8 Å². The second-order valence-corrected chi connectivity index (χ2v) is 5.54. The smallest absolute Gasteiger partial charge is 0.134 e. The topological polar surface area (TPSA) is 45.4 Å². The number of rotatable bonds is 5. The van der Waals surface area contributed by atoms with E-state index in [0.29, 0.717) is 6.54 Å². The van der Waals surface area contributed by atoms with Gasteiger partial charge >= 0.3 is 0 Å². The summed E-state index contributed by atoms with van der Waals surface area (Å²) >= 11 is 0. The molecule has 0 radical (unpaired) electrons. The zero-order valence-electron chi connectivity index (χ0n) is 12.2. The first-order valence-electron chi connectivity index (χ1n) is 6.88. The molecule has 0 aliphatic carbocycles. The van der Waals surface area contributed by atoms with Crippen LogP contribution in [0.2, 0.25) is 0 Å². The predicted molar refractivity (Wildman–Crippen MR) is 78.3 cm³/mol. The minimum absolute atomic E-state index is 0.0884. The highest BCUT2D eigenvalue weighted by molar-refractivity contribution is 5.82. The van der Waals surface area contributed by atoms with Gasteiger partial charge in [0, 0.05) is 11.9 Å². The molecular weight excluding hydrogens is 238 g/mol. The van der Waals surface area contributed by atoms with Crippen LogP contribution < -0.4 is 5.32 Å². The van der Waals surface area contributed by atoms with Crippen molar-refractivity contribution in [1.29, 1.82) is 0 Å². The largest absolute Gasteiger partial charge is 0.459 e. The average Bonchev–Trinajstić information content (AvgIpc) is 2.74. The first kappa shape index (κ1) is 14.1. The Balaban J connectivity index is 2.17. The number of para-hydroxylation sites is 1. The van der Waals surface area contributed by atoms with Crippen molar-refractivity contribution in [3.8, 4) is 0 Å². The van der Waals surface area contributed by atoms with E-state index in [4.69, 9.17) is 4.42 Å². The fraction of sp³-hybridized carbons (Fsp3) is 0.500. The third-order valence-corrected chi connectivity index (χ3v) is 3.82. The fourth-order valence-electron chi connectivity index (χ4n) is 2.20. The summed E-state index contributed by atoms with van der Waals surface area (Å²) < 4.78 is 5.92. The number of benzene rings is 1. The van der Waals surface area contributed by atoms with Crippen LogP contribution in [0.5, 0.6) is 0 Å². The third-order valence-electron chi connectivity index (χ3n) is 3.82. The Morgan fingerprint density at radius 2 is 2.05 bits per heavy atom. The molecule has 0 aliphatic rings. The van der Waals surface area contributed by atoms with Crippen LogP contribution in [0.4, 0.5) is 0 Å². The molecule has 1 heterocycles. The van der Waals surface area contributed by atoms with Crippen molar-refractivity contribution in [3.05, 3.63) is 35.6 Å². The molecule has 2 aromatic rings. The van der Waals surface area contributed by atoms with Gasteiger partial charge in [0.15, 0.2) is 0 Å². The lowest BCUT2D eigenvalue weighted by atomic mass is 10.0. The quantitative estimate of drug-likeness (QED) is 0.865. The van der Waals surface area contributed by atoms with E-state index in [1.165, 1.54) is 5.56 Å². The van der Waals surface area contributed by atoms with Crippen LogP contribution in [0.25, 0.3) is 11.0 Å². The maximum absolute atomic E-state index is 10.0. The van der Waals surface area contributed by atoms with E-state index in [2.05, 4.69) is 25.2 Å². The number of furan rings is 1. The summed E-state index contributed by atoms with van der Waals surface area (Å²) in [4.78, 5) is 0. The second kappa shape index (κ2) is 5.35. The second-order valence-electron chi connectivity index (χ2n) is 5.54. The highest BCUT2D eigenvalue weighted by atomic mass is 16.3. The van der Waals surface area contributed by atoms with Gasteiger partial charge in [-0.1, -0.05) is 25.1 Å². The molecule has 19 heavy (non-hydrogen) atoms. The van der Waals surface area contributed by atoms with Gasteiger partial charge in [0.2, 0.25) is 0 Å². The summed E-state index contributed by atoms with van der Waals surface area (Å²) in [6.45, 7) is 8.53. The Labute approximate surface area is 114 Å². The van der Waals surface area contributed by atoms with Crippen LogP contribution in [0.1, 0.15) is 44.6 Å². The lowest BCUT2D eigenvalue weighted by molar-refractivity contribution is 0.0527. The number of hydrogen-bond acceptors (Lipinski definition) is 3. The number of aryl methyl sites for hydroxylation is 1. The molecule has 0 aliphatic heterocycles. The summed E-state index contributed by atoms with van der Waals surface area (Å²) in [6, 6.07) is 8.15. The molecule has 0 bridgehead atoms. The molecule has 0 saturated heterocycles. The number of fused-ring (bicyclic) bond motifs is 1. The molecule has 1 aromatic heterocycles. The average molecular weight is 261 g/mol. The molecule has 0 saturated carbocycles. The number of hydrogen-bond donors (Lipinski definition) is 2. The maximum atomic E-state index is 10.0. The standard InChI is InChI=1S/C16H23NO2/c1-5-16(4,18)10-17-12(3)15-11(2)13-8-6-7-9-14(13)19-15/h6-9,12,17-18H,5,10H2,1-4H3. The van der Waals surface area contributed by atoms with Gasteiger partial charge in [-0.2, -0.15) is 0 Å². The van der Waals surface area contributed by atoms with E-state index in [1.54, 1.807) is 0 Å². The Morgan fingerprint density at radius 1 is 1.37 bits per heavy atom. The van der Waals surface area contributed by atoms with Crippen molar-refractivity contribution >= 4 is 11.0 Å². The van der Waals surface area contributed by atoms with Crippen molar-refractivity contribution < 1.29 is 9.52 Å². The lowest BCUT2D eigenvalue weighted by Crippen LogP contribution is -2.38. The van der Waals surface area contributed by atoms with Crippen molar-refractivity contribution in [2.75, 3.05) is 6.54 Å². The third kappa shape index (κ3) is 2.99. The summed E-state index contributed by atoms with van der Waals surface area (Å²) in [5.74, 6) is 0.952. The molecule has 2 atom stereocenters. The highest BCUT2D eigenvalue weighted by Gasteiger charge is 2.21. The molecule has 0 spiro atoms. The molecule has 2 N–H and O–H groups in total. The molecule has 104 valence electrons. The highest BCUT2D eigenvalue weighted by Crippen LogP contribution is 2.29. The van der Waals surface area contributed by atoms with Crippen LogP contribution >= 0.6 is 0 Å². The zero-order valence-corrected chi connectivity index (χ0v) is 12.2. The van der Waals surface area contributed by atoms with Crippen molar-refractivity contribution in [2.24, 2.45) is 0 Å². The predicted octanol–water partition coefficient (Wildman–Crippen LogP) is 3.55. The summed E-state index contributed by atoms with van der Waals surface area (Å²) in [5.41, 5.74) is 1.42. The van der Waals surface area contributed by atoms with Gasteiger partial charge in [0.1, 0.15) is 11.3 Å². The molecule has 0 fully saturated rings. The minimum atomic E-state index is -0.672. The van der Waals surface area contributed by atoms with Crippen molar-refractivity contribution in [3.63, 3.8) is 0 Å². The Hall–Kier alpha value is -1.32. The molecule has 2 rings (SSSR count). The maximum Gasteiger partial charge on any atom is 0.134 e. The summed E-state index contributed by atoms with van der Waals surface area (Å²) in [7, 11) is 0. The SMILES string of the molecule is CCC(C)(O)CNC(C)c1oc2ccccc2c1C. The van der Waals surface area contributed by atoms with Crippen LogP contribution in [-0.4, -0.2) is 17.3 Å². The molecule has 1 aromatic carbocycles. The van der Waals surface area contributed by atoms with E-state index in [-0.39, 0.29) is 6.04 Å². The van der Waals surface area contributed by atoms with Crippen molar-refractivity contribution in [2.45, 2.75) is 45.8 Å². The van der Waals surface area contributed by atoms with Gasteiger partial charge in [-0.25, -0.2) is 0 Å². The monoisotopic (exact) mass is 261 g/mol. The van der Waals surface area contributed by atoms with E-state index >= 15 is 0 Å². The fourth-order valence-corrected chi connectivity index (χ4v) is 2.20. The summed E-state index contributed by atoms with van der Waals surface area (Å²) in [6.07, 6.45) is 0.728. The van der Waals surface area contributed by atoms with Crippen molar-refractivity contribution in [1.82, 2.24) is 5.32 Å². The minimum Gasteiger partial charge on any atom is -0.459 e. The lowest BCUT2D eigenvalue weighted by Gasteiger charge is -2.24. The van der Waals surface area contributed by atoms with Gasteiger partial charge in [-0.15, -0.1) is 0 Å². The Kier molecular flexibility index (Phi) is 3.97. The van der Waals surface area contributed by atoms with Gasteiger partial charge in [0.25, 0.3) is 0 Å².